The monoisotopic (exact) mass is 265 g/mol. The zero-order valence-corrected chi connectivity index (χ0v) is 11.0. The second-order valence-electron chi connectivity index (χ2n) is 5.17. The second kappa shape index (κ2) is 3.82. The lowest BCUT2D eigenvalue weighted by Crippen LogP contribution is -2.44. The summed E-state index contributed by atoms with van der Waals surface area (Å²) in [5, 5.41) is -0.337. The lowest BCUT2D eigenvalue weighted by atomic mass is 10.1. The van der Waals surface area contributed by atoms with Gasteiger partial charge in [0.15, 0.2) is 9.84 Å². The molecular formula is C13H15NO3S. The molecule has 2 saturated heterocycles. The minimum atomic E-state index is -2.94. The fourth-order valence-electron chi connectivity index (χ4n) is 2.89. The third kappa shape index (κ3) is 1.73. The molecule has 0 aromatic heterocycles. The lowest BCUT2D eigenvalue weighted by molar-refractivity contribution is 0.0746. The van der Waals surface area contributed by atoms with Crippen LogP contribution in [-0.2, 0) is 9.84 Å². The Morgan fingerprint density at radius 1 is 1.39 bits per heavy atom. The van der Waals surface area contributed by atoms with Crippen LogP contribution in [0.1, 0.15) is 22.3 Å². The van der Waals surface area contributed by atoms with E-state index in [1.165, 1.54) is 0 Å². The number of likely N-dealkylation sites (tertiary alicyclic amines) is 1. The van der Waals surface area contributed by atoms with Crippen LogP contribution in [0.4, 0.5) is 0 Å². The van der Waals surface area contributed by atoms with Gasteiger partial charge in [-0.25, -0.2) is 8.42 Å². The van der Waals surface area contributed by atoms with E-state index in [9.17, 15) is 13.2 Å². The van der Waals surface area contributed by atoms with Crippen molar-refractivity contribution in [3.8, 4) is 0 Å². The highest BCUT2D eigenvalue weighted by molar-refractivity contribution is 7.92. The Balaban J connectivity index is 1.85. The maximum Gasteiger partial charge on any atom is 0.254 e. The molecule has 0 radical (unpaired) electrons. The SMILES string of the molecule is Cc1cccc(C(=O)N2CC3CC2CS3(=O)=O)c1. The Bertz CT molecular complexity index is 608. The number of rotatable bonds is 1. The van der Waals surface area contributed by atoms with Crippen molar-refractivity contribution in [1.82, 2.24) is 4.90 Å². The largest absolute Gasteiger partial charge is 0.333 e. The predicted molar refractivity (Wildman–Crippen MR) is 68.2 cm³/mol. The third-order valence-corrected chi connectivity index (χ3v) is 6.04. The molecule has 1 amide bonds. The molecule has 1 aromatic carbocycles. The van der Waals surface area contributed by atoms with Gasteiger partial charge in [-0.05, 0) is 25.5 Å². The first-order valence-electron chi connectivity index (χ1n) is 6.06. The Morgan fingerprint density at radius 3 is 2.72 bits per heavy atom. The van der Waals surface area contributed by atoms with E-state index in [0.717, 1.165) is 5.56 Å². The number of benzene rings is 1. The molecule has 0 aliphatic carbocycles. The second-order valence-corrected chi connectivity index (χ2v) is 7.49. The van der Waals surface area contributed by atoms with Gasteiger partial charge in [0.2, 0.25) is 0 Å². The third-order valence-electron chi connectivity index (χ3n) is 3.83. The van der Waals surface area contributed by atoms with Crippen LogP contribution in [-0.4, -0.2) is 42.8 Å². The van der Waals surface area contributed by atoms with E-state index in [-0.39, 0.29) is 23.0 Å². The summed E-state index contributed by atoms with van der Waals surface area (Å²) in [6, 6.07) is 7.32. The Kier molecular flexibility index (Phi) is 2.48. The molecule has 2 aliphatic heterocycles. The first kappa shape index (κ1) is 11.7. The van der Waals surface area contributed by atoms with Crippen molar-refractivity contribution in [3.63, 3.8) is 0 Å². The molecule has 3 rings (SSSR count). The van der Waals surface area contributed by atoms with Gasteiger partial charge in [-0.2, -0.15) is 0 Å². The molecule has 4 nitrogen and oxygen atoms in total. The van der Waals surface area contributed by atoms with Crippen molar-refractivity contribution in [2.45, 2.75) is 24.6 Å². The van der Waals surface area contributed by atoms with E-state index in [0.29, 0.717) is 18.5 Å². The average Bonchev–Trinajstić information content (AvgIpc) is 2.83. The van der Waals surface area contributed by atoms with Gasteiger partial charge in [0.25, 0.3) is 5.91 Å². The Hall–Kier alpha value is -1.36. The molecule has 2 aliphatic rings. The summed E-state index contributed by atoms with van der Waals surface area (Å²) in [6.45, 7) is 2.30. The summed E-state index contributed by atoms with van der Waals surface area (Å²) >= 11 is 0. The van der Waals surface area contributed by atoms with Crippen LogP contribution in [0, 0.1) is 6.92 Å². The van der Waals surface area contributed by atoms with Crippen molar-refractivity contribution in [2.24, 2.45) is 0 Å². The van der Waals surface area contributed by atoms with Crippen LogP contribution in [0.15, 0.2) is 24.3 Å². The number of aryl methyl sites for hydroxylation is 1. The molecule has 5 heteroatoms. The number of carbonyl (C=O) groups is 1. The van der Waals surface area contributed by atoms with Crippen molar-refractivity contribution in [1.29, 1.82) is 0 Å². The van der Waals surface area contributed by atoms with Gasteiger partial charge >= 0.3 is 0 Å². The topological polar surface area (TPSA) is 54.5 Å². The van der Waals surface area contributed by atoms with Gasteiger partial charge in [-0.1, -0.05) is 17.7 Å². The molecule has 2 unspecified atom stereocenters. The molecule has 2 bridgehead atoms. The van der Waals surface area contributed by atoms with Crippen LogP contribution >= 0.6 is 0 Å². The maximum atomic E-state index is 12.3. The van der Waals surface area contributed by atoms with Gasteiger partial charge in [0.1, 0.15) is 0 Å². The number of hydrogen-bond donors (Lipinski definition) is 0. The molecule has 2 heterocycles. The van der Waals surface area contributed by atoms with Gasteiger partial charge in [0, 0.05) is 18.2 Å². The molecule has 18 heavy (non-hydrogen) atoms. The fourth-order valence-corrected chi connectivity index (χ4v) is 4.92. The molecule has 1 aromatic rings. The first-order valence-corrected chi connectivity index (χ1v) is 7.78. The summed E-state index contributed by atoms with van der Waals surface area (Å²) in [7, 11) is -2.94. The Morgan fingerprint density at radius 2 is 2.17 bits per heavy atom. The van der Waals surface area contributed by atoms with Gasteiger partial charge in [-0.3, -0.25) is 4.79 Å². The maximum absolute atomic E-state index is 12.3. The van der Waals surface area contributed by atoms with Crippen molar-refractivity contribution >= 4 is 15.7 Å². The van der Waals surface area contributed by atoms with E-state index < -0.39 is 9.84 Å². The zero-order chi connectivity index (χ0) is 12.9. The van der Waals surface area contributed by atoms with E-state index >= 15 is 0 Å². The summed E-state index contributed by atoms with van der Waals surface area (Å²) in [4.78, 5) is 14.1. The molecule has 0 spiro atoms. The van der Waals surface area contributed by atoms with Crippen molar-refractivity contribution in [3.05, 3.63) is 35.4 Å². The van der Waals surface area contributed by atoms with E-state index in [2.05, 4.69) is 0 Å². The summed E-state index contributed by atoms with van der Waals surface area (Å²) in [6.07, 6.45) is 0.611. The van der Waals surface area contributed by atoms with E-state index in [4.69, 9.17) is 0 Å². The Labute approximate surface area is 107 Å². The molecule has 0 saturated carbocycles. The van der Waals surface area contributed by atoms with Crippen LogP contribution in [0.5, 0.6) is 0 Å². The van der Waals surface area contributed by atoms with E-state index in [1.54, 1.807) is 11.0 Å². The van der Waals surface area contributed by atoms with Gasteiger partial charge < -0.3 is 4.90 Å². The van der Waals surface area contributed by atoms with Crippen LogP contribution in [0.2, 0.25) is 0 Å². The number of carbonyl (C=O) groups excluding carboxylic acids is 1. The first-order chi connectivity index (χ1) is 8.47. The quantitative estimate of drug-likeness (QED) is 0.761. The number of nitrogens with zero attached hydrogens (tertiary/aromatic N) is 1. The highest BCUT2D eigenvalue weighted by Crippen LogP contribution is 2.33. The van der Waals surface area contributed by atoms with Crippen LogP contribution in [0.3, 0.4) is 0 Å². The number of sulfone groups is 1. The summed E-state index contributed by atoms with van der Waals surface area (Å²) in [5.74, 6) is 0.0935. The zero-order valence-electron chi connectivity index (χ0n) is 10.2. The minimum Gasteiger partial charge on any atom is -0.333 e. The smallest absolute Gasteiger partial charge is 0.254 e. The fraction of sp³-hybridized carbons (Fsp3) is 0.462. The average molecular weight is 265 g/mol. The summed E-state index contributed by atoms with van der Waals surface area (Å²) in [5.41, 5.74) is 1.69. The minimum absolute atomic E-state index is 0.0406. The van der Waals surface area contributed by atoms with Gasteiger partial charge in [0.05, 0.1) is 11.0 Å². The van der Waals surface area contributed by atoms with Gasteiger partial charge in [-0.15, -0.1) is 0 Å². The predicted octanol–water partition coefficient (Wildman–Crippen LogP) is 1.01. The highest BCUT2D eigenvalue weighted by Gasteiger charge is 2.49. The highest BCUT2D eigenvalue weighted by atomic mass is 32.2. The number of fused-ring (bicyclic) bond motifs is 2. The summed E-state index contributed by atoms with van der Waals surface area (Å²) < 4.78 is 23.3. The van der Waals surface area contributed by atoms with Crippen molar-refractivity contribution in [2.75, 3.05) is 12.3 Å². The molecule has 96 valence electrons. The van der Waals surface area contributed by atoms with E-state index in [1.807, 2.05) is 25.1 Å². The molecule has 2 fully saturated rings. The molecule has 0 N–H and O–H groups in total. The lowest BCUT2D eigenvalue weighted by Gasteiger charge is -2.27. The van der Waals surface area contributed by atoms with Crippen molar-refractivity contribution < 1.29 is 13.2 Å². The standard InChI is InChI=1S/C13H15NO3S/c1-9-3-2-4-10(5-9)13(15)14-7-12-6-11(14)8-18(12,16)17/h2-5,11-12H,6-8H2,1H3. The molecule has 2 atom stereocenters. The molecular weight excluding hydrogens is 250 g/mol. The number of hydrogen-bond acceptors (Lipinski definition) is 3. The van der Waals surface area contributed by atoms with Crippen LogP contribution < -0.4 is 0 Å². The number of amides is 1. The van der Waals surface area contributed by atoms with Crippen LogP contribution in [0.25, 0.3) is 0 Å². The normalized spacial score (nSPS) is 28.6.